The molecule has 1 aromatic carbocycles. The van der Waals surface area contributed by atoms with Crippen molar-refractivity contribution in [3.63, 3.8) is 0 Å². The molecule has 0 radical (unpaired) electrons. The molecule has 0 aliphatic carbocycles. The zero-order chi connectivity index (χ0) is 16.2. The predicted octanol–water partition coefficient (Wildman–Crippen LogP) is 4.37. The number of halogens is 2. The molecule has 5 nitrogen and oxygen atoms in total. The van der Waals surface area contributed by atoms with Gasteiger partial charge < -0.3 is 0 Å². The molecule has 0 saturated heterocycles. The average Bonchev–Trinajstić information content (AvgIpc) is 3.16. The minimum atomic E-state index is -0.396. The van der Waals surface area contributed by atoms with Crippen LogP contribution in [-0.2, 0) is 6.54 Å². The number of hydrogen-bond acceptors (Lipinski definition) is 5. The summed E-state index contributed by atoms with van der Waals surface area (Å²) in [6.45, 7) is 2.31. The van der Waals surface area contributed by atoms with E-state index in [1.807, 2.05) is 36.6 Å². The number of anilines is 1. The summed E-state index contributed by atoms with van der Waals surface area (Å²) in [6.07, 6.45) is 2.84. The van der Waals surface area contributed by atoms with Gasteiger partial charge in [0.15, 0.2) is 0 Å². The number of aromatic nitrogens is 3. The summed E-state index contributed by atoms with van der Waals surface area (Å²) in [5, 5.41) is 10.5. The van der Waals surface area contributed by atoms with E-state index in [1.54, 1.807) is 0 Å². The van der Waals surface area contributed by atoms with Crippen LogP contribution in [0.25, 0.3) is 11.3 Å². The molecular weight excluding hydrogens is 381 g/mol. The van der Waals surface area contributed by atoms with E-state index in [-0.39, 0.29) is 0 Å². The number of nitrogens with zero attached hydrogens (tertiary/aromatic N) is 4. The van der Waals surface area contributed by atoms with Crippen LogP contribution in [0.1, 0.15) is 12.5 Å². The van der Waals surface area contributed by atoms with E-state index in [9.17, 15) is 4.39 Å². The molecule has 0 fully saturated rings. The Morgan fingerprint density at radius 2 is 2.17 bits per heavy atom. The Labute approximate surface area is 145 Å². The van der Waals surface area contributed by atoms with E-state index >= 15 is 0 Å². The third-order valence-electron chi connectivity index (χ3n) is 3.11. The van der Waals surface area contributed by atoms with Crippen molar-refractivity contribution in [1.82, 2.24) is 14.8 Å². The summed E-state index contributed by atoms with van der Waals surface area (Å²) in [5.74, 6) is -0.396. The minimum Gasteiger partial charge on any atom is -0.253 e. The largest absolute Gasteiger partial charge is 0.253 e. The highest BCUT2D eigenvalue weighted by Crippen LogP contribution is 2.26. The molecule has 0 aliphatic heterocycles. The van der Waals surface area contributed by atoms with E-state index in [0.717, 1.165) is 15.7 Å². The van der Waals surface area contributed by atoms with Gasteiger partial charge in [-0.15, -0.1) is 11.3 Å². The molecule has 0 unspecified atom stereocenters. The van der Waals surface area contributed by atoms with Gasteiger partial charge in [0.05, 0.1) is 23.7 Å². The maximum absolute atomic E-state index is 13.8. The third-order valence-corrected chi connectivity index (χ3v) is 4.38. The molecule has 0 spiro atoms. The number of benzene rings is 1. The second-order valence-electron chi connectivity index (χ2n) is 4.62. The smallest absolute Gasteiger partial charge is 0.220 e. The predicted molar refractivity (Wildman–Crippen MR) is 94.3 cm³/mol. The molecule has 2 heterocycles. The van der Waals surface area contributed by atoms with Crippen LogP contribution < -0.4 is 5.43 Å². The first-order valence-electron chi connectivity index (χ1n) is 6.89. The molecule has 3 aromatic rings. The second-order valence-corrected chi connectivity index (χ2v) is 6.40. The van der Waals surface area contributed by atoms with Crippen LogP contribution in [0.2, 0.25) is 0 Å². The van der Waals surface area contributed by atoms with Gasteiger partial charge in [-0.25, -0.2) is 9.67 Å². The molecule has 23 heavy (non-hydrogen) atoms. The van der Waals surface area contributed by atoms with Gasteiger partial charge in [0, 0.05) is 22.0 Å². The van der Waals surface area contributed by atoms with Crippen molar-refractivity contribution in [3.05, 3.63) is 51.8 Å². The first-order chi connectivity index (χ1) is 11.2. The van der Waals surface area contributed by atoms with Gasteiger partial charge in [-0.2, -0.15) is 14.6 Å². The van der Waals surface area contributed by atoms with Crippen molar-refractivity contribution in [2.75, 3.05) is 5.43 Å². The zero-order valence-corrected chi connectivity index (χ0v) is 14.6. The second kappa shape index (κ2) is 7.01. The molecule has 1 N–H and O–H groups in total. The normalized spacial score (nSPS) is 11.3. The van der Waals surface area contributed by atoms with Crippen molar-refractivity contribution < 1.29 is 4.39 Å². The summed E-state index contributed by atoms with van der Waals surface area (Å²) in [6, 6.07) is 7.91. The Hall–Kier alpha value is -2.06. The standard InChI is InChI=1S/C15H13BrFN5S/c1-2-22-14(17)11(8-19-22)7-18-21-15-20-13(9-23-15)10-3-5-12(16)6-4-10/h3-9H,2H2,1H3,(H,20,21)/b18-7+. The van der Waals surface area contributed by atoms with Gasteiger partial charge >= 0.3 is 0 Å². The Kier molecular flexibility index (Phi) is 4.82. The van der Waals surface area contributed by atoms with E-state index in [2.05, 4.69) is 36.5 Å². The van der Waals surface area contributed by atoms with Crippen molar-refractivity contribution in [2.24, 2.45) is 5.10 Å². The van der Waals surface area contributed by atoms with Crippen LogP contribution in [0.15, 0.2) is 45.4 Å². The monoisotopic (exact) mass is 393 g/mol. The number of hydrazone groups is 1. The van der Waals surface area contributed by atoms with Gasteiger partial charge in [-0.1, -0.05) is 28.1 Å². The Bertz CT molecular complexity index is 825. The lowest BCUT2D eigenvalue weighted by Crippen LogP contribution is -2.00. The highest BCUT2D eigenvalue weighted by molar-refractivity contribution is 9.10. The molecule has 0 aliphatic rings. The molecule has 8 heteroatoms. The third kappa shape index (κ3) is 3.65. The average molecular weight is 394 g/mol. The van der Waals surface area contributed by atoms with Gasteiger partial charge in [0.1, 0.15) is 0 Å². The molecule has 3 rings (SSSR count). The lowest BCUT2D eigenvalue weighted by Gasteiger charge is -1.96. The summed E-state index contributed by atoms with van der Waals surface area (Å²) in [4.78, 5) is 4.45. The van der Waals surface area contributed by atoms with Gasteiger partial charge in [0.2, 0.25) is 11.1 Å². The molecule has 0 saturated carbocycles. The van der Waals surface area contributed by atoms with E-state index in [0.29, 0.717) is 17.2 Å². The molecule has 0 amide bonds. The van der Waals surface area contributed by atoms with Crippen LogP contribution in [0, 0.1) is 5.95 Å². The van der Waals surface area contributed by atoms with Crippen LogP contribution in [0.4, 0.5) is 9.52 Å². The molecule has 118 valence electrons. The summed E-state index contributed by atoms with van der Waals surface area (Å²) < 4.78 is 16.1. The Balaban J connectivity index is 1.68. The topological polar surface area (TPSA) is 55.1 Å². The van der Waals surface area contributed by atoms with Crippen LogP contribution in [0.5, 0.6) is 0 Å². The van der Waals surface area contributed by atoms with Crippen LogP contribution >= 0.6 is 27.3 Å². The van der Waals surface area contributed by atoms with Crippen molar-refractivity contribution in [3.8, 4) is 11.3 Å². The number of thiazole rings is 1. The molecule has 0 bridgehead atoms. The number of rotatable bonds is 5. The van der Waals surface area contributed by atoms with Gasteiger partial charge in [-0.05, 0) is 19.1 Å². The summed E-state index contributed by atoms with van der Waals surface area (Å²) in [7, 11) is 0. The van der Waals surface area contributed by atoms with E-state index in [1.165, 1.54) is 28.4 Å². The number of aryl methyl sites for hydroxylation is 1. The fourth-order valence-electron chi connectivity index (χ4n) is 1.93. The first kappa shape index (κ1) is 15.8. The minimum absolute atomic E-state index is 0.337. The molecule has 2 aromatic heterocycles. The zero-order valence-electron chi connectivity index (χ0n) is 12.2. The molecular formula is C15H13BrFN5S. The fourth-order valence-corrected chi connectivity index (χ4v) is 2.86. The SMILES string of the molecule is CCn1ncc(/C=N/Nc2nc(-c3ccc(Br)cc3)cs2)c1F. The van der Waals surface area contributed by atoms with Crippen LogP contribution in [-0.4, -0.2) is 21.0 Å². The van der Waals surface area contributed by atoms with Crippen molar-refractivity contribution in [2.45, 2.75) is 13.5 Å². The van der Waals surface area contributed by atoms with Crippen molar-refractivity contribution >= 4 is 38.6 Å². The maximum Gasteiger partial charge on any atom is 0.220 e. The number of nitrogens with one attached hydrogen (secondary N) is 1. The highest BCUT2D eigenvalue weighted by Gasteiger charge is 2.07. The van der Waals surface area contributed by atoms with Crippen LogP contribution in [0.3, 0.4) is 0 Å². The fraction of sp³-hybridized carbons (Fsp3) is 0.133. The quantitative estimate of drug-likeness (QED) is 0.516. The van der Waals surface area contributed by atoms with E-state index in [4.69, 9.17) is 0 Å². The van der Waals surface area contributed by atoms with Gasteiger partial charge in [0.25, 0.3) is 0 Å². The first-order valence-corrected chi connectivity index (χ1v) is 8.56. The Morgan fingerprint density at radius 1 is 1.39 bits per heavy atom. The van der Waals surface area contributed by atoms with Crippen molar-refractivity contribution in [1.29, 1.82) is 0 Å². The maximum atomic E-state index is 13.8. The summed E-state index contributed by atoms with van der Waals surface area (Å²) >= 11 is 4.84. The Morgan fingerprint density at radius 3 is 2.87 bits per heavy atom. The highest BCUT2D eigenvalue weighted by atomic mass is 79.9. The number of hydrogen-bond donors (Lipinski definition) is 1. The summed E-state index contributed by atoms with van der Waals surface area (Å²) in [5.41, 5.74) is 5.04. The van der Waals surface area contributed by atoms with Gasteiger partial charge in [-0.3, -0.25) is 5.43 Å². The lowest BCUT2D eigenvalue weighted by molar-refractivity contribution is 0.470. The van der Waals surface area contributed by atoms with E-state index < -0.39 is 5.95 Å². The molecule has 0 atom stereocenters. The lowest BCUT2D eigenvalue weighted by atomic mass is 10.2.